The molecule has 2 N–H and O–H groups in total. The lowest BCUT2D eigenvalue weighted by molar-refractivity contribution is -0.0769. The number of aliphatic hydroxyl groups is 1. The number of likely N-dealkylation sites (tertiary alicyclic amines) is 1. The van der Waals surface area contributed by atoms with E-state index in [1.165, 1.54) is 37.8 Å². The number of piperidine rings is 1. The van der Waals surface area contributed by atoms with Crippen molar-refractivity contribution in [3.63, 3.8) is 0 Å². The number of ether oxygens (including phenoxy) is 1. The van der Waals surface area contributed by atoms with Gasteiger partial charge >= 0.3 is 0 Å². The zero-order chi connectivity index (χ0) is 18.7. The summed E-state index contributed by atoms with van der Waals surface area (Å²) >= 11 is 0. The Morgan fingerprint density at radius 3 is 2.89 bits per heavy atom. The average molecular weight is 384 g/mol. The van der Waals surface area contributed by atoms with Crippen molar-refractivity contribution < 1.29 is 9.84 Å². The maximum atomic E-state index is 9.95. The third-order valence-corrected chi connectivity index (χ3v) is 8.37. The summed E-state index contributed by atoms with van der Waals surface area (Å²) in [5, 5.41) is 13.5. The third kappa shape index (κ3) is 2.67. The van der Waals surface area contributed by atoms with Crippen molar-refractivity contribution in [2.24, 2.45) is 11.8 Å². The first-order chi connectivity index (χ1) is 13.8. The fourth-order valence-electron chi connectivity index (χ4n) is 6.86. The molecule has 4 saturated heterocycles. The van der Waals surface area contributed by atoms with Crippen LogP contribution in [0.1, 0.15) is 30.4 Å². The van der Waals surface area contributed by atoms with Gasteiger partial charge in [-0.1, -0.05) is 6.07 Å². The second-order valence-electron chi connectivity index (χ2n) is 9.76. The Balaban J connectivity index is 1.12. The smallest absolute Gasteiger partial charge is 0.0981 e. The van der Waals surface area contributed by atoms with E-state index >= 15 is 0 Å². The highest BCUT2D eigenvalue weighted by Gasteiger charge is 2.61. The van der Waals surface area contributed by atoms with Gasteiger partial charge in [-0.05, 0) is 55.4 Å². The maximum Gasteiger partial charge on any atom is 0.0981 e. The standard InChI is InChI=1S/C23H33N3O2/c27-13-20-21-12-26(15-23(21)14-24-11-22(20)28-23)18-6-8-25(9-7-18)19-5-4-16-2-1-3-17(16)10-19/h4-5,10,18,20-22,24,27H,1-3,6-9,11-15H2/t20-,21+,22+,23+/m0/s1. The molecule has 4 heterocycles. The van der Waals surface area contributed by atoms with E-state index in [4.69, 9.17) is 4.74 Å². The monoisotopic (exact) mass is 383 g/mol. The first-order valence-corrected chi connectivity index (χ1v) is 11.4. The lowest BCUT2D eigenvalue weighted by atomic mass is 9.83. The van der Waals surface area contributed by atoms with Crippen LogP contribution in [0.25, 0.3) is 0 Å². The summed E-state index contributed by atoms with van der Waals surface area (Å²) in [7, 11) is 0. The van der Waals surface area contributed by atoms with Crippen LogP contribution < -0.4 is 10.2 Å². The van der Waals surface area contributed by atoms with Gasteiger partial charge < -0.3 is 20.1 Å². The fraction of sp³-hybridized carbons (Fsp3) is 0.739. The molecule has 0 radical (unpaired) electrons. The highest BCUT2D eigenvalue weighted by molar-refractivity contribution is 5.52. The number of nitrogens with one attached hydrogen (secondary N) is 1. The maximum absolute atomic E-state index is 9.95. The topological polar surface area (TPSA) is 48.0 Å². The molecule has 5 nitrogen and oxygen atoms in total. The van der Waals surface area contributed by atoms with Crippen molar-refractivity contribution in [2.45, 2.75) is 49.9 Å². The first-order valence-electron chi connectivity index (χ1n) is 11.4. The molecular formula is C23H33N3O2. The van der Waals surface area contributed by atoms with Gasteiger partial charge in [-0.15, -0.1) is 0 Å². The number of nitrogens with zero attached hydrogens (tertiary/aromatic N) is 2. The number of hydrogen-bond donors (Lipinski definition) is 2. The number of benzene rings is 1. The SMILES string of the molecule is OC[C@H]1[C@H]2CN(C3CCN(c4ccc5c(c4)CCC5)CC3)C[C@]23CNC[C@H]1O3. The predicted octanol–water partition coefficient (Wildman–Crippen LogP) is 1.43. The molecule has 0 saturated carbocycles. The van der Waals surface area contributed by atoms with Crippen LogP contribution in [-0.2, 0) is 17.6 Å². The van der Waals surface area contributed by atoms with Crippen LogP contribution in [0.3, 0.4) is 0 Å². The van der Waals surface area contributed by atoms with E-state index in [1.807, 2.05) is 0 Å². The average Bonchev–Trinajstić information content (AvgIpc) is 3.38. The number of morpholine rings is 1. The summed E-state index contributed by atoms with van der Waals surface area (Å²) in [4.78, 5) is 5.28. The number of rotatable bonds is 3. The van der Waals surface area contributed by atoms with E-state index < -0.39 is 0 Å². The molecule has 0 aromatic heterocycles. The molecule has 1 aromatic rings. The van der Waals surface area contributed by atoms with Crippen LogP contribution >= 0.6 is 0 Å². The van der Waals surface area contributed by atoms with Gasteiger partial charge in [0.1, 0.15) is 0 Å². The molecular weight excluding hydrogens is 350 g/mol. The van der Waals surface area contributed by atoms with Gasteiger partial charge in [-0.25, -0.2) is 0 Å². The molecule has 2 bridgehead atoms. The first kappa shape index (κ1) is 17.7. The molecule has 5 heteroatoms. The lowest BCUT2D eigenvalue weighted by Crippen LogP contribution is -2.53. The van der Waals surface area contributed by atoms with E-state index in [1.54, 1.807) is 11.1 Å². The zero-order valence-corrected chi connectivity index (χ0v) is 16.8. The number of anilines is 1. The van der Waals surface area contributed by atoms with E-state index in [0.717, 1.165) is 39.3 Å². The Kier molecular flexibility index (Phi) is 4.23. The molecule has 1 spiro atoms. The number of hydrogen-bond acceptors (Lipinski definition) is 5. The van der Waals surface area contributed by atoms with Crippen LogP contribution in [0.2, 0.25) is 0 Å². The molecule has 0 unspecified atom stereocenters. The molecule has 5 aliphatic rings. The van der Waals surface area contributed by atoms with Crippen molar-refractivity contribution in [2.75, 3.05) is 50.8 Å². The van der Waals surface area contributed by atoms with E-state index in [2.05, 4.69) is 33.3 Å². The van der Waals surface area contributed by atoms with E-state index in [0.29, 0.717) is 17.9 Å². The molecule has 4 fully saturated rings. The van der Waals surface area contributed by atoms with Gasteiger partial charge in [0, 0.05) is 69.4 Å². The van der Waals surface area contributed by atoms with E-state index in [9.17, 15) is 5.11 Å². The minimum absolute atomic E-state index is 0.0482. The summed E-state index contributed by atoms with van der Waals surface area (Å²) in [6.45, 7) is 6.58. The van der Waals surface area contributed by atoms with Crippen LogP contribution in [-0.4, -0.2) is 73.6 Å². The van der Waals surface area contributed by atoms with E-state index in [-0.39, 0.29) is 18.3 Å². The van der Waals surface area contributed by atoms with Crippen molar-refractivity contribution in [3.8, 4) is 0 Å². The van der Waals surface area contributed by atoms with Crippen LogP contribution in [0.15, 0.2) is 18.2 Å². The Hall–Kier alpha value is -1.14. The highest BCUT2D eigenvalue weighted by atomic mass is 16.5. The Morgan fingerprint density at radius 2 is 2.04 bits per heavy atom. The molecule has 4 atom stereocenters. The fourth-order valence-corrected chi connectivity index (χ4v) is 6.86. The zero-order valence-electron chi connectivity index (χ0n) is 16.8. The summed E-state index contributed by atoms with van der Waals surface area (Å²) in [5.41, 5.74) is 4.53. The van der Waals surface area contributed by atoms with Gasteiger partial charge in [-0.3, -0.25) is 4.90 Å². The normalized spacial score (nSPS) is 38.0. The highest BCUT2D eigenvalue weighted by Crippen LogP contribution is 2.48. The third-order valence-electron chi connectivity index (χ3n) is 8.37. The van der Waals surface area contributed by atoms with Crippen molar-refractivity contribution in [1.29, 1.82) is 0 Å². The molecule has 0 amide bonds. The van der Waals surface area contributed by atoms with Crippen molar-refractivity contribution in [3.05, 3.63) is 29.3 Å². The van der Waals surface area contributed by atoms with Crippen LogP contribution in [0.4, 0.5) is 5.69 Å². The summed E-state index contributed by atoms with van der Waals surface area (Å²) in [6.07, 6.45) is 6.54. The van der Waals surface area contributed by atoms with Crippen LogP contribution in [0.5, 0.6) is 0 Å². The molecule has 1 aromatic carbocycles. The Morgan fingerprint density at radius 1 is 1.18 bits per heavy atom. The Bertz CT molecular complexity index is 747. The molecule has 152 valence electrons. The quantitative estimate of drug-likeness (QED) is 0.827. The Labute approximate surface area is 168 Å². The molecule has 4 aliphatic heterocycles. The van der Waals surface area contributed by atoms with Gasteiger partial charge in [0.25, 0.3) is 0 Å². The summed E-state index contributed by atoms with van der Waals surface area (Å²) in [6, 6.07) is 7.82. The minimum atomic E-state index is -0.0482. The second kappa shape index (κ2) is 6.69. The second-order valence-corrected chi connectivity index (χ2v) is 9.76. The summed E-state index contributed by atoms with van der Waals surface area (Å²) < 4.78 is 6.49. The van der Waals surface area contributed by atoms with Gasteiger partial charge in [0.05, 0.1) is 11.7 Å². The number of aliphatic hydroxyl groups excluding tert-OH is 1. The van der Waals surface area contributed by atoms with Crippen molar-refractivity contribution >= 4 is 5.69 Å². The largest absolute Gasteiger partial charge is 0.396 e. The van der Waals surface area contributed by atoms with Gasteiger partial charge in [0.2, 0.25) is 0 Å². The predicted molar refractivity (Wildman–Crippen MR) is 110 cm³/mol. The van der Waals surface area contributed by atoms with Gasteiger partial charge in [0.15, 0.2) is 0 Å². The molecule has 28 heavy (non-hydrogen) atoms. The van der Waals surface area contributed by atoms with Crippen molar-refractivity contribution in [1.82, 2.24) is 10.2 Å². The lowest BCUT2D eigenvalue weighted by Gasteiger charge is -2.40. The van der Waals surface area contributed by atoms with Crippen LogP contribution in [0, 0.1) is 11.8 Å². The number of aryl methyl sites for hydroxylation is 2. The number of fused-ring (bicyclic) bond motifs is 2. The molecule has 1 aliphatic carbocycles. The van der Waals surface area contributed by atoms with Gasteiger partial charge in [-0.2, -0.15) is 0 Å². The molecule has 6 rings (SSSR count). The minimum Gasteiger partial charge on any atom is -0.396 e. The summed E-state index contributed by atoms with van der Waals surface area (Å²) in [5.74, 6) is 0.804.